The van der Waals surface area contributed by atoms with Crippen LogP contribution in [0.3, 0.4) is 0 Å². The predicted molar refractivity (Wildman–Crippen MR) is 71.2 cm³/mol. The van der Waals surface area contributed by atoms with Gasteiger partial charge in [-0.05, 0) is 19.1 Å². The van der Waals surface area contributed by atoms with E-state index < -0.39 is 10.9 Å². The van der Waals surface area contributed by atoms with Crippen LogP contribution in [0.25, 0.3) is 0 Å². The molecule has 0 fully saturated rings. The van der Waals surface area contributed by atoms with Gasteiger partial charge in [0, 0.05) is 12.3 Å². The van der Waals surface area contributed by atoms with Crippen LogP contribution in [0.4, 0.5) is 5.69 Å². The van der Waals surface area contributed by atoms with Crippen LogP contribution in [0.15, 0.2) is 24.4 Å². The Balaban J connectivity index is 2.22. The quantitative estimate of drug-likeness (QED) is 0.671. The van der Waals surface area contributed by atoms with Crippen LogP contribution in [0.5, 0.6) is 5.75 Å². The first-order valence-electron chi connectivity index (χ1n) is 5.53. The number of nitro groups is 1. The fraction of sp³-hybridized carbons (Fsp3) is 0.167. The molecule has 0 atom stereocenters. The molecular weight excluding hydrogens is 284 g/mol. The number of aromatic nitrogens is 1. The third-order valence-electron chi connectivity index (χ3n) is 2.44. The molecule has 1 heterocycles. The molecule has 1 N–H and O–H groups in total. The van der Waals surface area contributed by atoms with Gasteiger partial charge in [-0.15, -0.1) is 11.3 Å². The first-order chi connectivity index (χ1) is 9.47. The molecule has 2 rings (SSSR count). The van der Waals surface area contributed by atoms with E-state index in [1.165, 1.54) is 23.5 Å². The molecule has 1 aromatic heterocycles. The number of nitrogens with zero attached hydrogens (tertiary/aromatic N) is 2. The van der Waals surface area contributed by atoms with E-state index in [-0.39, 0.29) is 23.6 Å². The average Bonchev–Trinajstić information content (AvgIpc) is 2.81. The summed E-state index contributed by atoms with van der Waals surface area (Å²) in [7, 11) is 0. The van der Waals surface area contributed by atoms with Gasteiger partial charge in [-0.25, -0.2) is 9.78 Å². The normalized spacial score (nSPS) is 10.2. The summed E-state index contributed by atoms with van der Waals surface area (Å²) in [6.07, 6.45) is 1.64. The lowest BCUT2D eigenvalue weighted by Crippen LogP contribution is -2.01. The molecule has 8 heteroatoms. The Morgan fingerprint density at radius 2 is 2.30 bits per heavy atom. The highest BCUT2D eigenvalue weighted by Gasteiger charge is 2.18. The van der Waals surface area contributed by atoms with E-state index in [2.05, 4.69) is 4.98 Å². The number of carbonyl (C=O) groups is 1. The van der Waals surface area contributed by atoms with E-state index in [4.69, 9.17) is 9.84 Å². The smallest absolute Gasteiger partial charge is 0.335 e. The van der Waals surface area contributed by atoms with Gasteiger partial charge in [0.25, 0.3) is 0 Å². The summed E-state index contributed by atoms with van der Waals surface area (Å²) in [6.45, 7) is 2.00. The Bertz CT molecular complexity index is 668. The second-order valence-corrected chi connectivity index (χ2v) is 5.20. The van der Waals surface area contributed by atoms with Crippen molar-refractivity contribution in [1.82, 2.24) is 4.98 Å². The van der Waals surface area contributed by atoms with Gasteiger partial charge >= 0.3 is 11.7 Å². The number of carboxylic acids is 1. The molecule has 104 valence electrons. The number of hydrogen-bond donors (Lipinski definition) is 1. The van der Waals surface area contributed by atoms with Crippen molar-refractivity contribution in [3.8, 4) is 5.75 Å². The molecule has 20 heavy (non-hydrogen) atoms. The molecule has 0 aliphatic carbocycles. The fourth-order valence-corrected chi connectivity index (χ4v) is 2.24. The van der Waals surface area contributed by atoms with Gasteiger partial charge in [0.05, 0.1) is 20.4 Å². The minimum absolute atomic E-state index is 0.0334. The van der Waals surface area contributed by atoms with Gasteiger partial charge in [-0.2, -0.15) is 0 Å². The van der Waals surface area contributed by atoms with Crippen molar-refractivity contribution in [2.45, 2.75) is 13.5 Å². The third-order valence-corrected chi connectivity index (χ3v) is 3.33. The minimum Gasteiger partial charge on any atom is -0.481 e. The third kappa shape index (κ3) is 3.09. The highest BCUT2D eigenvalue weighted by molar-refractivity contribution is 7.11. The van der Waals surface area contributed by atoms with E-state index in [0.29, 0.717) is 0 Å². The number of rotatable bonds is 5. The van der Waals surface area contributed by atoms with Crippen molar-refractivity contribution >= 4 is 23.0 Å². The monoisotopic (exact) mass is 294 g/mol. The second kappa shape index (κ2) is 5.66. The molecule has 0 aliphatic heterocycles. The van der Waals surface area contributed by atoms with E-state index >= 15 is 0 Å². The zero-order valence-electron chi connectivity index (χ0n) is 10.4. The topological polar surface area (TPSA) is 103 Å². The summed E-state index contributed by atoms with van der Waals surface area (Å²) in [5, 5.41) is 20.6. The van der Waals surface area contributed by atoms with Gasteiger partial charge in [0.1, 0.15) is 6.61 Å². The van der Waals surface area contributed by atoms with Gasteiger partial charge in [0.15, 0.2) is 5.75 Å². The fourth-order valence-electron chi connectivity index (χ4n) is 1.54. The van der Waals surface area contributed by atoms with E-state index in [0.717, 1.165) is 16.0 Å². The van der Waals surface area contributed by atoms with Crippen molar-refractivity contribution in [2.75, 3.05) is 0 Å². The Labute approximate surface area is 117 Å². The summed E-state index contributed by atoms with van der Waals surface area (Å²) in [6, 6.07) is 3.54. The lowest BCUT2D eigenvalue weighted by Gasteiger charge is -2.05. The molecule has 0 amide bonds. The largest absolute Gasteiger partial charge is 0.481 e. The maximum atomic E-state index is 10.9. The predicted octanol–water partition coefficient (Wildman–Crippen LogP) is 2.64. The number of thiazole rings is 1. The lowest BCUT2D eigenvalue weighted by molar-refractivity contribution is -0.386. The van der Waals surface area contributed by atoms with Crippen LogP contribution < -0.4 is 4.74 Å². The van der Waals surface area contributed by atoms with Crippen LogP contribution in [0.2, 0.25) is 0 Å². The van der Waals surface area contributed by atoms with Gasteiger partial charge in [0.2, 0.25) is 0 Å². The first-order valence-corrected chi connectivity index (χ1v) is 6.35. The van der Waals surface area contributed by atoms with Crippen molar-refractivity contribution in [3.63, 3.8) is 0 Å². The molecule has 0 saturated carbocycles. The Morgan fingerprint density at radius 3 is 2.85 bits per heavy atom. The summed E-state index contributed by atoms with van der Waals surface area (Å²) in [4.78, 5) is 26.0. The number of carboxylic acid groups (broad SMARTS) is 1. The van der Waals surface area contributed by atoms with E-state index in [1.807, 2.05) is 6.92 Å². The van der Waals surface area contributed by atoms with Crippen molar-refractivity contribution in [3.05, 3.63) is 50.0 Å². The maximum Gasteiger partial charge on any atom is 0.335 e. The van der Waals surface area contributed by atoms with Crippen LogP contribution in [0.1, 0.15) is 20.2 Å². The molecule has 0 aliphatic rings. The minimum atomic E-state index is -1.22. The zero-order valence-corrected chi connectivity index (χ0v) is 11.2. The van der Waals surface area contributed by atoms with Crippen LogP contribution in [-0.2, 0) is 6.61 Å². The first kappa shape index (κ1) is 13.9. The summed E-state index contributed by atoms with van der Waals surface area (Å²) in [5.41, 5.74) is -0.524. The van der Waals surface area contributed by atoms with E-state index in [1.54, 1.807) is 6.20 Å². The summed E-state index contributed by atoms with van der Waals surface area (Å²) >= 11 is 1.43. The molecule has 7 nitrogen and oxygen atoms in total. The molecule has 0 unspecified atom stereocenters. The molecule has 0 spiro atoms. The Hall–Kier alpha value is -2.48. The number of hydrogen-bond acceptors (Lipinski definition) is 6. The van der Waals surface area contributed by atoms with Crippen molar-refractivity contribution < 1.29 is 19.6 Å². The molecule has 0 bridgehead atoms. The molecular formula is C12H10N2O5S. The van der Waals surface area contributed by atoms with Gasteiger partial charge in [-0.1, -0.05) is 0 Å². The number of benzene rings is 1. The summed E-state index contributed by atoms with van der Waals surface area (Å²) in [5.74, 6) is -1.19. The van der Waals surface area contributed by atoms with Crippen LogP contribution >= 0.6 is 11.3 Å². The number of nitro benzene ring substituents is 1. The maximum absolute atomic E-state index is 10.9. The van der Waals surface area contributed by atoms with Gasteiger partial charge < -0.3 is 9.84 Å². The lowest BCUT2D eigenvalue weighted by atomic mass is 10.2. The van der Waals surface area contributed by atoms with E-state index in [9.17, 15) is 14.9 Å². The molecule has 0 saturated heterocycles. The Morgan fingerprint density at radius 1 is 1.55 bits per heavy atom. The molecule has 0 radical (unpaired) electrons. The highest BCUT2D eigenvalue weighted by Crippen LogP contribution is 2.29. The van der Waals surface area contributed by atoms with Crippen LogP contribution in [0, 0.1) is 17.0 Å². The molecule has 2 aromatic rings. The number of aryl methyl sites for hydroxylation is 1. The van der Waals surface area contributed by atoms with Crippen molar-refractivity contribution in [1.29, 1.82) is 0 Å². The average molecular weight is 294 g/mol. The van der Waals surface area contributed by atoms with Crippen LogP contribution in [-0.4, -0.2) is 21.0 Å². The van der Waals surface area contributed by atoms with Crippen molar-refractivity contribution in [2.24, 2.45) is 0 Å². The summed E-state index contributed by atoms with van der Waals surface area (Å²) < 4.78 is 5.37. The standard InChI is InChI=1S/C12H10N2O5S/c1-7-13-5-9(20-7)6-19-11-3-2-8(12(15)16)4-10(11)14(17)18/h2-5H,6H2,1H3,(H,15,16). The number of aromatic carboxylic acids is 1. The number of ether oxygens (including phenoxy) is 1. The highest BCUT2D eigenvalue weighted by atomic mass is 32.1. The van der Waals surface area contributed by atoms with Gasteiger partial charge in [-0.3, -0.25) is 10.1 Å². The zero-order chi connectivity index (χ0) is 14.7. The molecule has 1 aromatic carbocycles. The Kier molecular flexibility index (Phi) is 3.94. The second-order valence-electron chi connectivity index (χ2n) is 3.88. The SMILES string of the molecule is Cc1ncc(COc2ccc(C(=O)O)cc2[N+](=O)[O-])s1.